The predicted octanol–water partition coefficient (Wildman–Crippen LogP) is 3.47. The molecule has 3 rings (SSSR count). The van der Waals surface area contributed by atoms with Crippen molar-refractivity contribution in [2.45, 2.75) is 20.0 Å². The SMILES string of the molecule is Cc1cccc(-n2cccc2CNCc2ccccc2)n1. The molecule has 3 aromatic rings. The zero-order valence-electron chi connectivity index (χ0n) is 12.2. The van der Waals surface area contributed by atoms with Crippen LogP contribution in [0.25, 0.3) is 5.82 Å². The smallest absolute Gasteiger partial charge is 0.137 e. The van der Waals surface area contributed by atoms with Crippen LogP contribution >= 0.6 is 0 Å². The van der Waals surface area contributed by atoms with Gasteiger partial charge in [-0.05, 0) is 36.8 Å². The van der Waals surface area contributed by atoms with Gasteiger partial charge < -0.3 is 9.88 Å². The van der Waals surface area contributed by atoms with E-state index in [-0.39, 0.29) is 0 Å². The van der Waals surface area contributed by atoms with Crippen molar-refractivity contribution >= 4 is 0 Å². The highest BCUT2D eigenvalue weighted by molar-refractivity contribution is 5.29. The molecule has 3 nitrogen and oxygen atoms in total. The standard InChI is InChI=1S/C18H19N3/c1-15-7-5-11-18(20-15)21-12-6-10-17(21)14-19-13-16-8-3-2-4-9-16/h2-12,19H,13-14H2,1H3. The Morgan fingerprint density at radius 2 is 1.76 bits per heavy atom. The van der Waals surface area contributed by atoms with Crippen molar-refractivity contribution in [2.75, 3.05) is 0 Å². The lowest BCUT2D eigenvalue weighted by Crippen LogP contribution is -2.15. The summed E-state index contributed by atoms with van der Waals surface area (Å²) < 4.78 is 2.13. The molecule has 2 aromatic heterocycles. The van der Waals surface area contributed by atoms with Gasteiger partial charge in [0.25, 0.3) is 0 Å². The molecule has 0 atom stereocenters. The molecule has 106 valence electrons. The number of nitrogens with zero attached hydrogens (tertiary/aromatic N) is 2. The second-order valence-electron chi connectivity index (χ2n) is 5.10. The Morgan fingerprint density at radius 3 is 2.57 bits per heavy atom. The maximum Gasteiger partial charge on any atom is 0.137 e. The van der Waals surface area contributed by atoms with Gasteiger partial charge in [0.05, 0.1) is 0 Å². The van der Waals surface area contributed by atoms with E-state index in [1.54, 1.807) is 0 Å². The zero-order valence-corrected chi connectivity index (χ0v) is 12.2. The summed E-state index contributed by atoms with van der Waals surface area (Å²) in [7, 11) is 0. The van der Waals surface area contributed by atoms with Gasteiger partial charge in [0, 0.05) is 30.7 Å². The summed E-state index contributed by atoms with van der Waals surface area (Å²) in [5.41, 5.74) is 3.54. The number of aryl methyl sites for hydroxylation is 1. The molecule has 21 heavy (non-hydrogen) atoms. The molecule has 0 unspecified atom stereocenters. The number of benzene rings is 1. The fraction of sp³-hybridized carbons (Fsp3) is 0.167. The zero-order chi connectivity index (χ0) is 14.5. The van der Waals surface area contributed by atoms with E-state index < -0.39 is 0 Å². The highest BCUT2D eigenvalue weighted by atomic mass is 15.1. The average Bonchev–Trinajstić information content (AvgIpc) is 2.97. The molecule has 2 heterocycles. The Labute approximate surface area is 125 Å². The first-order chi connectivity index (χ1) is 10.3. The van der Waals surface area contributed by atoms with E-state index in [1.807, 2.05) is 31.2 Å². The lowest BCUT2D eigenvalue weighted by atomic mass is 10.2. The fourth-order valence-electron chi connectivity index (χ4n) is 2.38. The number of aromatic nitrogens is 2. The van der Waals surface area contributed by atoms with Crippen LogP contribution < -0.4 is 5.32 Å². The van der Waals surface area contributed by atoms with Crippen LogP contribution in [-0.2, 0) is 13.1 Å². The van der Waals surface area contributed by atoms with E-state index >= 15 is 0 Å². The van der Waals surface area contributed by atoms with Gasteiger partial charge in [0.2, 0.25) is 0 Å². The third-order valence-electron chi connectivity index (χ3n) is 3.43. The Kier molecular flexibility index (Phi) is 4.12. The van der Waals surface area contributed by atoms with E-state index in [0.717, 1.165) is 24.6 Å². The first-order valence-corrected chi connectivity index (χ1v) is 7.18. The summed E-state index contributed by atoms with van der Waals surface area (Å²) in [5.74, 6) is 0.969. The molecule has 0 amide bonds. The predicted molar refractivity (Wildman–Crippen MR) is 85.3 cm³/mol. The van der Waals surface area contributed by atoms with E-state index in [2.05, 4.69) is 57.5 Å². The van der Waals surface area contributed by atoms with E-state index in [1.165, 1.54) is 11.3 Å². The topological polar surface area (TPSA) is 29.9 Å². The minimum Gasteiger partial charge on any atom is -0.307 e. The average molecular weight is 277 g/mol. The molecule has 0 spiro atoms. The van der Waals surface area contributed by atoms with Crippen molar-refractivity contribution in [1.82, 2.24) is 14.9 Å². The molecule has 0 fully saturated rings. The Bertz CT molecular complexity index is 701. The second kappa shape index (κ2) is 6.37. The van der Waals surface area contributed by atoms with Gasteiger partial charge in [0.15, 0.2) is 0 Å². The molecular formula is C18H19N3. The van der Waals surface area contributed by atoms with Gasteiger partial charge in [-0.25, -0.2) is 4.98 Å². The summed E-state index contributed by atoms with van der Waals surface area (Å²) in [6.45, 7) is 3.70. The number of hydrogen-bond donors (Lipinski definition) is 1. The van der Waals surface area contributed by atoms with Gasteiger partial charge in [-0.1, -0.05) is 36.4 Å². The van der Waals surface area contributed by atoms with Crippen molar-refractivity contribution < 1.29 is 0 Å². The van der Waals surface area contributed by atoms with Crippen LogP contribution in [0.5, 0.6) is 0 Å². The minimum absolute atomic E-state index is 0.817. The quantitative estimate of drug-likeness (QED) is 0.774. The largest absolute Gasteiger partial charge is 0.307 e. The van der Waals surface area contributed by atoms with Crippen LogP contribution in [0.2, 0.25) is 0 Å². The number of hydrogen-bond acceptors (Lipinski definition) is 2. The molecule has 0 aliphatic heterocycles. The summed E-state index contributed by atoms with van der Waals surface area (Å²) in [4.78, 5) is 4.58. The lowest BCUT2D eigenvalue weighted by molar-refractivity contribution is 0.667. The molecule has 0 aliphatic rings. The van der Waals surface area contributed by atoms with Crippen molar-refractivity contribution in [3.63, 3.8) is 0 Å². The van der Waals surface area contributed by atoms with Crippen molar-refractivity contribution in [3.05, 3.63) is 83.8 Å². The fourth-order valence-corrected chi connectivity index (χ4v) is 2.38. The second-order valence-corrected chi connectivity index (χ2v) is 5.10. The van der Waals surface area contributed by atoms with Crippen LogP contribution in [0.15, 0.2) is 66.9 Å². The monoisotopic (exact) mass is 277 g/mol. The van der Waals surface area contributed by atoms with Crippen molar-refractivity contribution in [3.8, 4) is 5.82 Å². The van der Waals surface area contributed by atoms with Crippen LogP contribution in [0.1, 0.15) is 17.0 Å². The summed E-state index contributed by atoms with van der Waals surface area (Å²) in [6.07, 6.45) is 2.06. The Hall–Kier alpha value is -2.39. The summed E-state index contributed by atoms with van der Waals surface area (Å²) in [6, 6.07) is 20.7. The van der Waals surface area contributed by atoms with Crippen LogP contribution in [0.4, 0.5) is 0 Å². The van der Waals surface area contributed by atoms with Gasteiger partial charge in [-0.2, -0.15) is 0 Å². The highest BCUT2D eigenvalue weighted by Crippen LogP contribution is 2.11. The molecule has 0 radical (unpaired) electrons. The molecule has 0 bridgehead atoms. The van der Waals surface area contributed by atoms with Crippen molar-refractivity contribution in [2.24, 2.45) is 0 Å². The number of rotatable bonds is 5. The normalized spacial score (nSPS) is 10.7. The van der Waals surface area contributed by atoms with E-state index in [4.69, 9.17) is 0 Å². The molecule has 0 aliphatic carbocycles. The Morgan fingerprint density at radius 1 is 0.905 bits per heavy atom. The molecular weight excluding hydrogens is 258 g/mol. The first-order valence-electron chi connectivity index (χ1n) is 7.18. The third-order valence-corrected chi connectivity index (χ3v) is 3.43. The molecule has 1 N–H and O–H groups in total. The molecule has 3 heteroatoms. The molecule has 0 saturated carbocycles. The van der Waals surface area contributed by atoms with E-state index in [0.29, 0.717) is 0 Å². The van der Waals surface area contributed by atoms with E-state index in [9.17, 15) is 0 Å². The molecule has 0 saturated heterocycles. The highest BCUT2D eigenvalue weighted by Gasteiger charge is 2.04. The minimum atomic E-state index is 0.817. The summed E-state index contributed by atoms with van der Waals surface area (Å²) >= 11 is 0. The van der Waals surface area contributed by atoms with Crippen LogP contribution in [-0.4, -0.2) is 9.55 Å². The van der Waals surface area contributed by atoms with Crippen LogP contribution in [0.3, 0.4) is 0 Å². The summed E-state index contributed by atoms with van der Waals surface area (Å²) in [5, 5.41) is 3.48. The van der Waals surface area contributed by atoms with Gasteiger partial charge >= 0.3 is 0 Å². The Balaban J connectivity index is 1.69. The number of pyridine rings is 1. The van der Waals surface area contributed by atoms with Gasteiger partial charge in [-0.15, -0.1) is 0 Å². The number of nitrogens with one attached hydrogen (secondary N) is 1. The maximum absolute atomic E-state index is 4.58. The first kappa shape index (κ1) is 13.6. The van der Waals surface area contributed by atoms with Gasteiger partial charge in [0.1, 0.15) is 5.82 Å². The lowest BCUT2D eigenvalue weighted by Gasteiger charge is -2.10. The van der Waals surface area contributed by atoms with Crippen molar-refractivity contribution in [1.29, 1.82) is 0 Å². The van der Waals surface area contributed by atoms with Crippen LogP contribution in [0, 0.1) is 6.92 Å². The molecule has 1 aromatic carbocycles. The third kappa shape index (κ3) is 3.38. The van der Waals surface area contributed by atoms with Gasteiger partial charge in [-0.3, -0.25) is 0 Å². The maximum atomic E-state index is 4.58.